The monoisotopic (exact) mass is 182 g/mol. The van der Waals surface area contributed by atoms with Crippen molar-refractivity contribution >= 4 is 17.0 Å². The molecule has 0 unspecified atom stereocenters. The molecule has 2 rings (SSSR count). The van der Waals surface area contributed by atoms with Gasteiger partial charge in [-0.25, -0.2) is 0 Å². The number of hydrogen-bond donors (Lipinski definition) is 1. The van der Waals surface area contributed by atoms with E-state index in [0.29, 0.717) is 6.04 Å². The average Bonchev–Trinajstić information content (AvgIpc) is 2.58. The molecule has 1 aliphatic rings. The van der Waals surface area contributed by atoms with Gasteiger partial charge >= 0.3 is 0 Å². The molecule has 0 saturated carbocycles. The van der Waals surface area contributed by atoms with E-state index in [2.05, 4.69) is 21.7 Å². The van der Waals surface area contributed by atoms with Crippen LogP contribution in [0.4, 0.5) is 5.69 Å². The van der Waals surface area contributed by atoms with Gasteiger partial charge in [-0.05, 0) is 24.3 Å². The molecule has 1 saturated heterocycles. The number of nitrogens with zero attached hydrogens (tertiary/aromatic N) is 1. The Kier molecular flexibility index (Phi) is 2.33. The molecule has 0 radical (unpaired) electrons. The van der Waals surface area contributed by atoms with Crippen LogP contribution in [0.1, 0.15) is 12.8 Å². The fourth-order valence-corrected chi connectivity index (χ4v) is 2.26. The molecule has 2 heterocycles. The SMILES string of the molecule is NC1CCN(c2ccsc2)CC1. The molecule has 1 aliphatic heterocycles. The summed E-state index contributed by atoms with van der Waals surface area (Å²) in [6.45, 7) is 2.25. The normalized spacial score (nSPS) is 19.9. The molecule has 0 atom stereocenters. The smallest absolute Gasteiger partial charge is 0.0474 e. The first-order valence-electron chi connectivity index (χ1n) is 4.39. The predicted molar refractivity (Wildman–Crippen MR) is 53.7 cm³/mol. The van der Waals surface area contributed by atoms with Crippen LogP contribution < -0.4 is 10.6 Å². The lowest BCUT2D eigenvalue weighted by Gasteiger charge is -2.31. The summed E-state index contributed by atoms with van der Waals surface area (Å²) in [5, 5.41) is 4.33. The number of hydrogen-bond acceptors (Lipinski definition) is 3. The molecule has 0 aliphatic carbocycles. The Balaban J connectivity index is 1.99. The van der Waals surface area contributed by atoms with Crippen LogP contribution in [0.15, 0.2) is 16.8 Å². The highest BCUT2D eigenvalue weighted by Crippen LogP contribution is 2.21. The molecule has 0 aromatic carbocycles. The maximum absolute atomic E-state index is 5.83. The maximum Gasteiger partial charge on any atom is 0.0474 e. The number of nitrogens with two attached hydrogens (primary N) is 1. The molecule has 2 nitrogen and oxygen atoms in total. The van der Waals surface area contributed by atoms with Crippen LogP contribution in [-0.4, -0.2) is 19.1 Å². The fraction of sp³-hybridized carbons (Fsp3) is 0.556. The van der Waals surface area contributed by atoms with Crippen molar-refractivity contribution in [3.63, 3.8) is 0 Å². The summed E-state index contributed by atoms with van der Waals surface area (Å²) in [6.07, 6.45) is 2.27. The summed E-state index contributed by atoms with van der Waals surface area (Å²) in [5.41, 5.74) is 7.19. The molecule has 0 bridgehead atoms. The summed E-state index contributed by atoms with van der Waals surface area (Å²) in [6, 6.07) is 2.61. The maximum atomic E-state index is 5.83. The highest BCUT2D eigenvalue weighted by atomic mass is 32.1. The van der Waals surface area contributed by atoms with Crippen molar-refractivity contribution in [2.24, 2.45) is 5.73 Å². The van der Waals surface area contributed by atoms with Gasteiger partial charge in [0.2, 0.25) is 0 Å². The van der Waals surface area contributed by atoms with Crippen LogP contribution in [0, 0.1) is 0 Å². The average molecular weight is 182 g/mol. The first kappa shape index (κ1) is 8.08. The molecular weight excluding hydrogens is 168 g/mol. The van der Waals surface area contributed by atoms with Gasteiger partial charge in [0.15, 0.2) is 0 Å². The van der Waals surface area contributed by atoms with E-state index in [1.807, 2.05) is 0 Å². The molecule has 3 heteroatoms. The zero-order chi connectivity index (χ0) is 8.39. The van der Waals surface area contributed by atoms with E-state index in [4.69, 9.17) is 5.73 Å². The Morgan fingerprint density at radius 2 is 2.17 bits per heavy atom. The van der Waals surface area contributed by atoms with E-state index in [1.165, 1.54) is 5.69 Å². The minimum atomic E-state index is 0.430. The van der Waals surface area contributed by atoms with Gasteiger partial charge < -0.3 is 10.6 Å². The molecule has 66 valence electrons. The quantitative estimate of drug-likeness (QED) is 0.716. The van der Waals surface area contributed by atoms with Gasteiger partial charge in [-0.2, -0.15) is 11.3 Å². The molecule has 1 aromatic rings. The molecule has 0 spiro atoms. The second-order valence-electron chi connectivity index (χ2n) is 3.31. The summed E-state index contributed by atoms with van der Waals surface area (Å²) < 4.78 is 0. The number of rotatable bonds is 1. The molecule has 2 N–H and O–H groups in total. The zero-order valence-electron chi connectivity index (χ0n) is 7.07. The van der Waals surface area contributed by atoms with Crippen molar-refractivity contribution < 1.29 is 0 Å². The Morgan fingerprint density at radius 3 is 2.75 bits per heavy atom. The third-order valence-corrected chi connectivity index (χ3v) is 3.08. The summed E-state index contributed by atoms with van der Waals surface area (Å²) in [5.74, 6) is 0. The van der Waals surface area contributed by atoms with E-state index < -0.39 is 0 Å². The van der Waals surface area contributed by atoms with Gasteiger partial charge in [0, 0.05) is 30.2 Å². The third kappa shape index (κ3) is 1.62. The molecular formula is C9H14N2S. The van der Waals surface area contributed by atoms with E-state index in [9.17, 15) is 0 Å². The van der Waals surface area contributed by atoms with Crippen LogP contribution >= 0.6 is 11.3 Å². The van der Waals surface area contributed by atoms with Gasteiger partial charge in [0.25, 0.3) is 0 Å². The molecule has 0 amide bonds. The number of thiophene rings is 1. The minimum Gasteiger partial charge on any atom is -0.371 e. The highest BCUT2D eigenvalue weighted by Gasteiger charge is 2.15. The summed E-state index contributed by atoms with van der Waals surface area (Å²) in [7, 11) is 0. The van der Waals surface area contributed by atoms with Crippen molar-refractivity contribution in [2.45, 2.75) is 18.9 Å². The van der Waals surface area contributed by atoms with Crippen molar-refractivity contribution in [3.8, 4) is 0 Å². The van der Waals surface area contributed by atoms with Gasteiger partial charge in [-0.1, -0.05) is 0 Å². The predicted octanol–water partition coefficient (Wildman–Crippen LogP) is 1.68. The largest absolute Gasteiger partial charge is 0.371 e. The number of anilines is 1. The van der Waals surface area contributed by atoms with Crippen molar-refractivity contribution in [1.29, 1.82) is 0 Å². The first-order chi connectivity index (χ1) is 5.86. The first-order valence-corrected chi connectivity index (χ1v) is 5.33. The van der Waals surface area contributed by atoms with Gasteiger partial charge in [0.05, 0.1) is 0 Å². The van der Waals surface area contributed by atoms with Crippen LogP contribution in [-0.2, 0) is 0 Å². The van der Waals surface area contributed by atoms with Crippen LogP contribution in [0.3, 0.4) is 0 Å². The second-order valence-corrected chi connectivity index (χ2v) is 4.09. The number of piperidine rings is 1. The Hall–Kier alpha value is -0.540. The van der Waals surface area contributed by atoms with Crippen molar-refractivity contribution in [3.05, 3.63) is 16.8 Å². The molecule has 12 heavy (non-hydrogen) atoms. The van der Waals surface area contributed by atoms with Crippen LogP contribution in [0.2, 0.25) is 0 Å². The lowest BCUT2D eigenvalue weighted by molar-refractivity contribution is 0.501. The zero-order valence-corrected chi connectivity index (χ0v) is 7.89. The van der Waals surface area contributed by atoms with Gasteiger partial charge in [-0.3, -0.25) is 0 Å². The van der Waals surface area contributed by atoms with E-state index >= 15 is 0 Å². The van der Waals surface area contributed by atoms with Gasteiger partial charge in [0.1, 0.15) is 0 Å². The Morgan fingerprint density at radius 1 is 1.42 bits per heavy atom. The molecule has 1 aromatic heterocycles. The highest BCUT2D eigenvalue weighted by molar-refractivity contribution is 7.08. The van der Waals surface area contributed by atoms with E-state index in [1.54, 1.807) is 11.3 Å². The lowest BCUT2D eigenvalue weighted by Crippen LogP contribution is -2.39. The van der Waals surface area contributed by atoms with Crippen LogP contribution in [0.25, 0.3) is 0 Å². The van der Waals surface area contributed by atoms with E-state index in [-0.39, 0.29) is 0 Å². The topological polar surface area (TPSA) is 29.3 Å². The van der Waals surface area contributed by atoms with E-state index in [0.717, 1.165) is 25.9 Å². The molecule has 1 fully saturated rings. The standard InChI is InChI=1S/C9H14N2S/c10-8-1-4-11(5-2-8)9-3-6-12-7-9/h3,6-8H,1-2,4-5,10H2. The summed E-state index contributed by atoms with van der Waals surface area (Å²) >= 11 is 1.76. The van der Waals surface area contributed by atoms with Crippen LogP contribution in [0.5, 0.6) is 0 Å². The third-order valence-electron chi connectivity index (χ3n) is 2.41. The van der Waals surface area contributed by atoms with Crippen molar-refractivity contribution in [2.75, 3.05) is 18.0 Å². The summed E-state index contributed by atoms with van der Waals surface area (Å²) in [4.78, 5) is 2.42. The Labute approximate surface area is 77.0 Å². The fourth-order valence-electron chi connectivity index (χ4n) is 1.59. The minimum absolute atomic E-state index is 0.430. The Bertz CT molecular complexity index is 225. The van der Waals surface area contributed by atoms with Crippen molar-refractivity contribution in [1.82, 2.24) is 0 Å². The second kappa shape index (κ2) is 3.46. The lowest BCUT2D eigenvalue weighted by atomic mass is 10.1. The van der Waals surface area contributed by atoms with Gasteiger partial charge in [-0.15, -0.1) is 0 Å².